The molecule has 5 heteroatoms. The summed E-state index contributed by atoms with van der Waals surface area (Å²) in [6.07, 6.45) is 3.18. The predicted octanol–water partition coefficient (Wildman–Crippen LogP) is 1.13. The van der Waals surface area contributed by atoms with Gasteiger partial charge in [-0.2, -0.15) is 0 Å². The molecular formula is C16H19N3O2. The Balaban J connectivity index is 1.89. The zero-order valence-electron chi connectivity index (χ0n) is 12.3. The third kappa shape index (κ3) is 3.82. The van der Waals surface area contributed by atoms with Gasteiger partial charge in [0.05, 0.1) is 5.56 Å². The van der Waals surface area contributed by atoms with Crippen LogP contribution in [0.1, 0.15) is 35.8 Å². The lowest BCUT2D eigenvalue weighted by Gasteiger charge is -2.31. The summed E-state index contributed by atoms with van der Waals surface area (Å²) in [7, 11) is 0. The first-order chi connectivity index (χ1) is 10.1. The van der Waals surface area contributed by atoms with Crippen molar-refractivity contribution in [3.8, 4) is 11.8 Å². The summed E-state index contributed by atoms with van der Waals surface area (Å²) in [5.41, 5.74) is 1.33. The van der Waals surface area contributed by atoms with E-state index in [1.807, 2.05) is 6.92 Å². The van der Waals surface area contributed by atoms with Crippen molar-refractivity contribution in [3.05, 3.63) is 29.6 Å². The summed E-state index contributed by atoms with van der Waals surface area (Å²) < 4.78 is 0. The quantitative estimate of drug-likeness (QED) is 0.829. The lowest BCUT2D eigenvalue weighted by molar-refractivity contribution is -0.126. The maximum Gasteiger partial charge on any atom is 0.298 e. The predicted molar refractivity (Wildman–Crippen MR) is 79.5 cm³/mol. The number of piperidine rings is 1. The number of nitrogens with one attached hydrogen (secondary N) is 1. The van der Waals surface area contributed by atoms with Gasteiger partial charge in [0.1, 0.15) is 0 Å². The van der Waals surface area contributed by atoms with Crippen LogP contribution in [0.25, 0.3) is 0 Å². The lowest BCUT2D eigenvalue weighted by Crippen LogP contribution is -2.46. The van der Waals surface area contributed by atoms with E-state index in [0.717, 1.165) is 18.5 Å². The highest BCUT2D eigenvalue weighted by atomic mass is 16.2. The van der Waals surface area contributed by atoms with Gasteiger partial charge >= 0.3 is 0 Å². The molecule has 1 N–H and O–H groups in total. The van der Waals surface area contributed by atoms with Crippen LogP contribution < -0.4 is 5.32 Å². The van der Waals surface area contributed by atoms with Crippen molar-refractivity contribution in [1.29, 1.82) is 0 Å². The second-order valence-electron chi connectivity index (χ2n) is 5.05. The van der Waals surface area contributed by atoms with E-state index in [9.17, 15) is 9.59 Å². The Morgan fingerprint density at radius 3 is 2.71 bits per heavy atom. The third-order valence-corrected chi connectivity index (χ3v) is 3.60. The van der Waals surface area contributed by atoms with Gasteiger partial charge in [-0.25, -0.2) is 0 Å². The summed E-state index contributed by atoms with van der Waals surface area (Å²) >= 11 is 0. The average molecular weight is 285 g/mol. The van der Waals surface area contributed by atoms with Crippen LogP contribution >= 0.6 is 0 Å². The number of carbonyl (C=O) groups excluding carboxylic acids is 2. The van der Waals surface area contributed by atoms with E-state index in [1.54, 1.807) is 30.2 Å². The van der Waals surface area contributed by atoms with Gasteiger partial charge in [0, 0.05) is 31.0 Å². The Morgan fingerprint density at radius 2 is 2.10 bits per heavy atom. The average Bonchev–Trinajstić information content (AvgIpc) is 2.48. The minimum absolute atomic E-state index is 0.0933. The van der Waals surface area contributed by atoms with Gasteiger partial charge in [-0.3, -0.25) is 14.6 Å². The Labute approximate surface area is 124 Å². The van der Waals surface area contributed by atoms with Gasteiger partial charge in [0.2, 0.25) is 0 Å². The fourth-order valence-electron chi connectivity index (χ4n) is 2.40. The molecule has 0 saturated carbocycles. The van der Waals surface area contributed by atoms with Gasteiger partial charge in [-0.05, 0) is 44.7 Å². The number of aromatic nitrogens is 1. The molecule has 2 amide bonds. The Kier molecular flexibility index (Phi) is 4.94. The molecule has 1 aliphatic rings. The van der Waals surface area contributed by atoms with Crippen LogP contribution in [0.3, 0.4) is 0 Å². The maximum atomic E-state index is 12.2. The molecule has 1 fully saturated rings. The highest BCUT2D eigenvalue weighted by molar-refractivity contribution is 5.95. The fourth-order valence-corrected chi connectivity index (χ4v) is 2.40. The summed E-state index contributed by atoms with van der Waals surface area (Å²) in [5, 5.41) is 3.01. The van der Waals surface area contributed by atoms with Crippen LogP contribution in [-0.4, -0.2) is 40.8 Å². The molecule has 1 aromatic rings. The Bertz CT molecular complexity index is 593. The minimum Gasteiger partial charge on any atom is -0.349 e. The van der Waals surface area contributed by atoms with Crippen molar-refractivity contribution in [3.63, 3.8) is 0 Å². The molecule has 0 unspecified atom stereocenters. The molecule has 0 spiro atoms. The molecule has 0 aliphatic carbocycles. The monoisotopic (exact) mass is 285 g/mol. The molecule has 1 aromatic heterocycles. The zero-order valence-corrected chi connectivity index (χ0v) is 12.3. The lowest BCUT2D eigenvalue weighted by atomic mass is 10.0. The highest BCUT2D eigenvalue weighted by Gasteiger charge is 2.23. The first kappa shape index (κ1) is 15.0. The van der Waals surface area contributed by atoms with E-state index >= 15 is 0 Å². The molecule has 1 aliphatic heterocycles. The molecule has 2 rings (SSSR count). The van der Waals surface area contributed by atoms with Gasteiger partial charge in [0.25, 0.3) is 11.8 Å². The standard InChI is InChI=1S/C16H19N3O2/c1-3-5-15(20)19-10-7-13(8-11-19)18-16(21)14-6-4-9-17-12(14)2/h4,6,9,13H,7-8,10-11H2,1-2H3,(H,18,21). The van der Waals surface area contributed by atoms with Crippen LogP contribution in [0, 0.1) is 18.8 Å². The summed E-state index contributed by atoms with van der Waals surface area (Å²) in [4.78, 5) is 29.7. The van der Waals surface area contributed by atoms with Gasteiger partial charge in [-0.1, -0.05) is 5.92 Å². The van der Waals surface area contributed by atoms with E-state index in [-0.39, 0.29) is 17.9 Å². The first-order valence-electron chi connectivity index (χ1n) is 7.06. The number of hydrogen-bond acceptors (Lipinski definition) is 3. The first-order valence-corrected chi connectivity index (χ1v) is 7.06. The molecule has 2 heterocycles. The van der Waals surface area contributed by atoms with Crippen molar-refractivity contribution < 1.29 is 9.59 Å². The number of hydrogen-bond donors (Lipinski definition) is 1. The third-order valence-electron chi connectivity index (χ3n) is 3.60. The molecule has 0 aromatic carbocycles. The van der Waals surface area contributed by atoms with Crippen molar-refractivity contribution in [1.82, 2.24) is 15.2 Å². The maximum absolute atomic E-state index is 12.2. The second kappa shape index (κ2) is 6.89. The number of amides is 2. The summed E-state index contributed by atoms with van der Waals surface area (Å²) in [6, 6.07) is 3.62. The fraction of sp³-hybridized carbons (Fsp3) is 0.438. The molecule has 0 atom stereocenters. The van der Waals surface area contributed by atoms with Gasteiger partial charge < -0.3 is 10.2 Å². The van der Waals surface area contributed by atoms with Crippen molar-refractivity contribution in [2.24, 2.45) is 0 Å². The van der Waals surface area contributed by atoms with Crippen LogP contribution in [0.5, 0.6) is 0 Å². The smallest absolute Gasteiger partial charge is 0.298 e. The second-order valence-corrected chi connectivity index (χ2v) is 5.05. The zero-order chi connectivity index (χ0) is 15.2. The molecule has 5 nitrogen and oxygen atoms in total. The largest absolute Gasteiger partial charge is 0.349 e. The molecule has 0 bridgehead atoms. The molecule has 0 radical (unpaired) electrons. The molecule has 110 valence electrons. The normalized spacial score (nSPS) is 15.0. The number of aryl methyl sites for hydroxylation is 1. The number of likely N-dealkylation sites (tertiary alicyclic amines) is 1. The van der Waals surface area contributed by atoms with Crippen LogP contribution in [0.4, 0.5) is 0 Å². The summed E-state index contributed by atoms with van der Waals surface area (Å²) in [5.74, 6) is 4.93. The topological polar surface area (TPSA) is 62.3 Å². The Morgan fingerprint density at radius 1 is 1.38 bits per heavy atom. The van der Waals surface area contributed by atoms with E-state index in [0.29, 0.717) is 18.7 Å². The van der Waals surface area contributed by atoms with Crippen molar-refractivity contribution in [2.45, 2.75) is 32.7 Å². The van der Waals surface area contributed by atoms with Crippen LogP contribution in [0.2, 0.25) is 0 Å². The number of carbonyl (C=O) groups is 2. The van der Waals surface area contributed by atoms with Gasteiger partial charge in [0.15, 0.2) is 0 Å². The SMILES string of the molecule is CC#CC(=O)N1CCC(NC(=O)c2cccnc2C)CC1. The van der Waals surface area contributed by atoms with Crippen molar-refractivity contribution in [2.75, 3.05) is 13.1 Å². The van der Waals surface area contributed by atoms with E-state index in [2.05, 4.69) is 22.1 Å². The van der Waals surface area contributed by atoms with E-state index in [4.69, 9.17) is 0 Å². The minimum atomic E-state index is -0.134. The summed E-state index contributed by atoms with van der Waals surface area (Å²) in [6.45, 7) is 4.73. The van der Waals surface area contributed by atoms with Gasteiger partial charge in [-0.15, -0.1) is 0 Å². The van der Waals surface area contributed by atoms with E-state index < -0.39 is 0 Å². The number of pyridine rings is 1. The highest BCUT2D eigenvalue weighted by Crippen LogP contribution is 2.12. The molecular weight excluding hydrogens is 266 g/mol. The molecule has 1 saturated heterocycles. The van der Waals surface area contributed by atoms with Crippen LogP contribution in [0.15, 0.2) is 18.3 Å². The van der Waals surface area contributed by atoms with Crippen LogP contribution in [-0.2, 0) is 4.79 Å². The number of rotatable bonds is 2. The number of nitrogens with zero attached hydrogens (tertiary/aromatic N) is 2. The molecule has 21 heavy (non-hydrogen) atoms. The Hall–Kier alpha value is -2.35. The van der Waals surface area contributed by atoms with E-state index in [1.165, 1.54) is 0 Å². The van der Waals surface area contributed by atoms with Crippen molar-refractivity contribution >= 4 is 11.8 Å².